The Bertz CT molecular complexity index is 468. The molecule has 1 aromatic rings. The number of hydrogen-bond donors (Lipinski definition) is 0. The Morgan fingerprint density at radius 3 is 2.47 bits per heavy atom. The van der Waals surface area contributed by atoms with Gasteiger partial charge in [-0.05, 0) is 38.0 Å². The Kier molecular flexibility index (Phi) is 4.98. The zero-order chi connectivity index (χ0) is 13.1. The smallest absolute Gasteiger partial charge is 0.261 e. The fourth-order valence-electron chi connectivity index (χ4n) is 1.61. The maximum atomic E-state index is 11.2. The van der Waals surface area contributed by atoms with Gasteiger partial charge in [-0.3, -0.25) is 0 Å². The minimum Gasteiger partial charge on any atom is -0.371 e. The summed E-state index contributed by atoms with van der Waals surface area (Å²) in [7, 11) is 1.64. The first kappa shape index (κ1) is 14.5. The van der Waals surface area contributed by atoms with Crippen LogP contribution in [-0.2, 0) is 13.8 Å². The highest BCUT2D eigenvalue weighted by Gasteiger charge is 2.15. The molecule has 1 rings (SSSR count). The van der Waals surface area contributed by atoms with E-state index in [1.54, 1.807) is 12.1 Å². The van der Waals surface area contributed by atoms with Crippen molar-refractivity contribution in [2.24, 2.45) is 0 Å². The van der Waals surface area contributed by atoms with Crippen LogP contribution in [0.1, 0.15) is 38.9 Å². The van der Waals surface area contributed by atoms with Gasteiger partial charge < -0.3 is 4.74 Å². The summed E-state index contributed by atoms with van der Waals surface area (Å²) >= 11 is 0. The molecule has 0 radical (unpaired) electrons. The minimum atomic E-state index is -3.68. The van der Waals surface area contributed by atoms with Crippen molar-refractivity contribution in [3.63, 3.8) is 0 Å². The number of halogens is 1. The van der Waals surface area contributed by atoms with Crippen molar-refractivity contribution in [1.82, 2.24) is 0 Å². The molecule has 0 aliphatic heterocycles. The van der Waals surface area contributed by atoms with Crippen LogP contribution >= 0.6 is 10.7 Å². The molecule has 0 aromatic heterocycles. The summed E-state index contributed by atoms with van der Waals surface area (Å²) in [6.45, 7) is 5.89. The molecule has 0 amide bonds. The molecule has 0 bridgehead atoms. The monoisotopic (exact) mass is 276 g/mol. The van der Waals surface area contributed by atoms with Gasteiger partial charge in [-0.15, -0.1) is 0 Å². The normalized spacial score (nSPS) is 13.9. The lowest BCUT2D eigenvalue weighted by Crippen LogP contribution is -2.10. The molecule has 0 spiro atoms. The lowest BCUT2D eigenvalue weighted by Gasteiger charge is -2.19. The van der Waals surface area contributed by atoms with Gasteiger partial charge in [-0.1, -0.05) is 19.1 Å². The van der Waals surface area contributed by atoms with Crippen molar-refractivity contribution >= 4 is 19.7 Å². The molecular formula is C12H17ClO3S. The van der Waals surface area contributed by atoms with Gasteiger partial charge in [0.25, 0.3) is 9.05 Å². The highest BCUT2D eigenvalue weighted by molar-refractivity contribution is 8.13. The van der Waals surface area contributed by atoms with Crippen LogP contribution < -0.4 is 0 Å². The van der Waals surface area contributed by atoms with Crippen molar-refractivity contribution in [2.75, 3.05) is 0 Å². The zero-order valence-electron chi connectivity index (χ0n) is 10.2. The molecule has 1 atom stereocenters. The molecule has 0 aliphatic carbocycles. The van der Waals surface area contributed by atoms with Crippen molar-refractivity contribution in [1.29, 1.82) is 0 Å². The topological polar surface area (TPSA) is 43.4 Å². The molecule has 0 aliphatic rings. The summed E-state index contributed by atoms with van der Waals surface area (Å²) in [5, 5.41) is 0. The van der Waals surface area contributed by atoms with E-state index in [4.69, 9.17) is 15.4 Å². The molecule has 3 nitrogen and oxygen atoms in total. The van der Waals surface area contributed by atoms with Gasteiger partial charge >= 0.3 is 0 Å². The average molecular weight is 277 g/mol. The fourth-order valence-corrected chi connectivity index (χ4v) is 2.41. The average Bonchev–Trinajstić information content (AvgIpc) is 2.24. The van der Waals surface area contributed by atoms with Crippen LogP contribution in [0.4, 0.5) is 0 Å². The lowest BCUT2D eigenvalue weighted by molar-refractivity contribution is 0.00437. The molecule has 0 heterocycles. The Morgan fingerprint density at radius 2 is 2.00 bits per heavy atom. The van der Waals surface area contributed by atoms with E-state index in [2.05, 4.69) is 0 Å². The predicted molar refractivity (Wildman–Crippen MR) is 68.7 cm³/mol. The molecule has 96 valence electrons. The summed E-state index contributed by atoms with van der Waals surface area (Å²) < 4.78 is 28.2. The predicted octanol–water partition coefficient (Wildman–Crippen LogP) is 3.49. The van der Waals surface area contributed by atoms with Crippen LogP contribution in [0.5, 0.6) is 0 Å². The Hall–Kier alpha value is -0.580. The zero-order valence-corrected chi connectivity index (χ0v) is 11.8. The standard InChI is InChI=1S/C12H17ClO3S/c1-4-12(16-9(2)3)10-6-5-7-11(8-10)17(13,14)15/h5-9,12H,4H2,1-3H3/t12-/m0/s1. The van der Waals surface area contributed by atoms with Gasteiger partial charge in [0.05, 0.1) is 17.1 Å². The number of hydrogen-bond acceptors (Lipinski definition) is 3. The molecule has 1 aromatic carbocycles. The van der Waals surface area contributed by atoms with Crippen LogP contribution in [0.25, 0.3) is 0 Å². The molecule has 5 heteroatoms. The highest BCUT2D eigenvalue weighted by Crippen LogP contribution is 2.25. The van der Waals surface area contributed by atoms with E-state index >= 15 is 0 Å². The first-order valence-corrected chi connectivity index (χ1v) is 7.85. The third kappa shape index (κ3) is 4.30. The van der Waals surface area contributed by atoms with Gasteiger partial charge in [-0.25, -0.2) is 8.42 Å². The Balaban J connectivity index is 3.05. The molecule has 0 fully saturated rings. The van der Waals surface area contributed by atoms with E-state index in [1.165, 1.54) is 6.07 Å². The first-order chi connectivity index (χ1) is 7.84. The molecule has 0 N–H and O–H groups in total. The van der Waals surface area contributed by atoms with Crippen LogP contribution in [0.2, 0.25) is 0 Å². The van der Waals surface area contributed by atoms with Crippen molar-refractivity contribution in [3.05, 3.63) is 29.8 Å². The van der Waals surface area contributed by atoms with Gasteiger partial charge in [0, 0.05) is 10.7 Å². The summed E-state index contributed by atoms with van der Waals surface area (Å²) in [6.07, 6.45) is 0.772. The summed E-state index contributed by atoms with van der Waals surface area (Å²) in [5.41, 5.74) is 0.836. The Labute approximate surface area is 107 Å². The SMILES string of the molecule is CC[C@H](OC(C)C)c1cccc(S(=O)(=O)Cl)c1. The van der Waals surface area contributed by atoms with E-state index in [1.807, 2.05) is 26.8 Å². The molecule has 0 saturated carbocycles. The third-order valence-corrected chi connectivity index (χ3v) is 3.67. The van der Waals surface area contributed by atoms with Gasteiger partial charge in [0.1, 0.15) is 0 Å². The van der Waals surface area contributed by atoms with Crippen LogP contribution in [0, 0.1) is 0 Å². The lowest BCUT2D eigenvalue weighted by atomic mass is 10.1. The second kappa shape index (κ2) is 5.85. The number of benzene rings is 1. The van der Waals surface area contributed by atoms with Gasteiger partial charge in [-0.2, -0.15) is 0 Å². The third-order valence-electron chi connectivity index (χ3n) is 2.32. The van der Waals surface area contributed by atoms with Crippen LogP contribution in [0.3, 0.4) is 0 Å². The second-order valence-corrected chi connectivity index (χ2v) is 6.66. The Morgan fingerprint density at radius 1 is 1.35 bits per heavy atom. The van der Waals surface area contributed by atoms with Gasteiger partial charge in [0.2, 0.25) is 0 Å². The van der Waals surface area contributed by atoms with E-state index in [0.29, 0.717) is 0 Å². The van der Waals surface area contributed by atoms with Crippen LogP contribution in [-0.4, -0.2) is 14.5 Å². The van der Waals surface area contributed by atoms with E-state index in [0.717, 1.165) is 12.0 Å². The molecule has 0 unspecified atom stereocenters. The van der Waals surface area contributed by atoms with E-state index in [9.17, 15) is 8.42 Å². The summed E-state index contributed by atoms with van der Waals surface area (Å²) in [4.78, 5) is 0.113. The molecular weight excluding hydrogens is 260 g/mol. The first-order valence-electron chi connectivity index (χ1n) is 5.54. The number of rotatable bonds is 5. The maximum Gasteiger partial charge on any atom is 0.261 e. The summed E-state index contributed by atoms with van der Waals surface area (Å²) in [5.74, 6) is 0. The fraction of sp³-hybridized carbons (Fsp3) is 0.500. The van der Waals surface area contributed by atoms with E-state index in [-0.39, 0.29) is 17.1 Å². The second-order valence-electron chi connectivity index (χ2n) is 4.09. The largest absolute Gasteiger partial charge is 0.371 e. The summed E-state index contributed by atoms with van der Waals surface area (Å²) in [6, 6.07) is 6.58. The maximum absolute atomic E-state index is 11.2. The highest BCUT2D eigenvalue weighted by atomic mass is 35.7. The van der Waals surface area contributed by atoms with Gasteiger partial charge in [0.15, 0.2) is 0 Å². The van der Waals surface area contributed by atoms with Crippen molar-refractivity contribution in [2.45, 2.75) is 44.3 Å². The molecule has 17 heavy (non-hydrogen) atoms. The van der Waals surface area contributed by atoms with Crippen molar-refractivity contribution in [3.8, 4) is 0 Å². The number of ether oxygens (including phenoxy) is 1. The molecule has 0 saturated heterocycles. The van der Waals surface area contributed by atoms with E-state index < -0.39 is 9.05 Å². The minimum absolute atomic E-state index is 0.0937. The quantitative estimate of drug-likeness (QED) is 0.773. The van der Waals surface area contributed by atoms with Crippen LogP contribution in [0.15, 0.2) is 29.2 Å². The van der Waals surface area contributed by atoms with Crippen molar-refractivity contribution < 1.29 is 13.2 Å².